The molecule has 106 valence electrons. The largest absolute Gasteiger partial charge is 0.345 e. The van der Waals surface area contributed by atoms with Crippen LogP contribution in [0.2, 0.25) is 0 Å². The Morgan fingerprint density at radius 1 is 1.32 bits per heavy atom. The first kappa shape index (κ1) is 17.9. The van der Waals surface area contributed by atoms with Gasteiger partial charge >= 0.3 is 0 Å². The zero-order valence-electron chi connectivity index (χ0n) is 11.4. The summed E-state index contributed by atoms with van der Waals surface area (Å²) in [4.78, 5) is 11.2. The molecule has 1 atom stereocenters. The smallest absolute Gasteiger partial charge is 0.220 e. The molecule has 1 unspecified atom stereocenters. The molecule has 0 aromatic rings. The lowest BCUT2D eigenvalue weighted by Crippen LogP contribution is -2.22. The summed E-state index contributed by atoms with van der Waals surface area (Å²) in [5.74, 6) is 2.36. The summed E-state index contributed by atoms with van der Waals surface area (Å²) in [7, 11) is -0.886. The Hall–Kier alpha value is -1.13. The second-order valence-corrected chi connectivity index (χ2v) is 5.20. The van der Waals surface area contributed by atoms with Gasteiger partial charge < -0.3 is 14.4 Å². The maximum atomic E-state index is 11.2. The number of nitrogens with zero attached hydrogens (tertiary/aromatic N) is 1. The lowest BCUT2D eigenvalue weighted by Gasteiger charge is -2.11. The summed E-state index contributed by atoms with van der Waals surface area (Å²) in [6.45, 7) is 3.22. The Labute approximate surface area is 116 Å². The van der Waals surface area contributed by atoms with Crippen LogP contribution < -0.4 is 5.32 Å². The standard InChI is InChI=1S/C13H21N2O3P/c1-3-10-15-13(16)8-5-4-6-11-17-19(2)18-12-7-9-14/h1H,4-8,10-12H2,2H3,(H,15,16). The van der Waals surface area contributed by atoms with E-state index in [9.17, 15) is 4.79 Å². The van der Waals surface area contributed by atoms with Crippen LogP contribution in [0.4, 0.5) is 0 Å². The maximum Gasteiger partial charge on any atom is 0.220 e. The fraction of sp³-hybridized carbons (Fsp3) is 0.692. The molecule has 0 aliphatic carbocycles. The second kappa shape index (κ2) is 13.3. The van der Waals surface area contributed by atoms with Crippen LogP contribution in [0.1, 0.15) is 32.1 Å². The summed E-state index contributed by atoms with van der Waals surface area (Å²) < 4.78 is 10.8. The summed E-state index contributed by atoms with van der Waals surface area (Å²) in [6, 6.07) is 2.01. The quantitative estimate of drug-likeness (QED) is 0.358. The number of hydrogen-bond acceptors (Lipinski definition) is 4. The predicted octanol–water partition coefficient (Wildman–Crippen LogP) is 2.18. The van der Waals surface area contributed by atoms with Gasteiger partial charge in [-0.1, -0.05) is 12.3 Å². The minimum absolute atomic E-state index is 0.00329. The zero-order chi connectivity index (χ0) is 14.3. The highest BCUT2D eigenvalue weighted by atomic mass is 31.2. The van der Waals surface area contributed by atoms with Gasteiger partial charge in [-0.25, -0.2) is 0 Å². The van der Waals surface area contributed by atoms with Gasteiger partial charge in [0.2, 0.25) is 5.91 Å². The predicted molar refractivity (Wildman–Crippen MR) is 75.3 cm³/mol. The van der Waals surface area contributed by atoms with E-state index in [1.807, 2.05) is 12.7 Å². The zero-order valence-corrected chi connectivity index (χ0v) is 12.2. The number of nitriles is 1. The highest BCUT2D eigenvalue weighted by Gasteiger charge is 2.03. The van der Waals surface area contributed by atoms with E-state index in [1.54, 1.807) is 0 Å². The number of unbranched alkanes of at least 4 members (excludes halogenated alkanes) is 2. The van der Waals surface area contributed by atoms with Crippen LogP contribution in [0, 0.1) is 23.7 Å². The van der Waals surface area contributed by atoms with E-state index in [4.69, 9.17) is 20.7 Å². The van der Waals surface area contributed by atoms with Gasteiger partial charge in [0.25, 0.3) is 0 Å². The molecule has 0 radical (unpaired) electrons. The van der Waals surface area contributed by atoms with Crippen LogP contribution >= 0.6 is 8.38 Å². The molecule has 0 aliphatic rings. The summed E-state index contributed by atoms with van der Waals surface area (Å²) in [5, 5.41) is 11.0. The van der Waals surface area contributed by atoms with Crippen molar-refractivity contribution in [2.24, 2.45) is 0 Å². The van der Waals surface area contributed by atoms with E-state index in [2.05, 4.69) is 11.2 Å². The van der Waals surface area contributed by atoms with E-state index in [1.165, 1.54) is 0 Å². The SMILES string of the molecule is C#CCNC(=O)CCCCCOP(C)OCCC#N. The van der Waals surface area contributed by atoms with Crippen molar-refractivity contribution in [2.45, 2.75) is 32.1 Å². The first-order valence-corrected chi connectivity index (χ1v) is 7.90. The number of carbonyl (C=O) groups is 1. The van der Waals surface area contributed by atoms with E-state index >= 15 is 0 Å². The number of carbonyl (C=O) groups excluding carboxylic acids is 1. The van der Waals surface area contributed by atoms with Crippen molar-refractivity contribution in [2.75, 3.05) is 26.4 Å². The fourth-order valence-corrected chi connectivity index (χ4v) is 2.06. The molecular formula is C13H21N2O3P. The minimum atomic E-state index is -0.886. The van der Waals surface area contributed by atoms with Crippen molar-refractivity contribution in [3.05, 3.63) is 0 Å². The minimum Gasteiger partial charge on any atom is -0.345 e. The van der Waals surface area contributed by atoms with E-state index in [0.29, 0.717) is 32.6 Å². The Morgan fingerprint density at radius 2 is 2.05 bits per heavy atom. The highest BCUT2D eigenvalue weighted by Crippen LogP contribution is 2.33. The molecule has 0 aromatic heterocycles. The number of terminal acetylenes is 1. The maximum absolute atomic E-state index is 11.2. The third-order valence-corrected chi connectivity index (χ3v) is 3.29. The number of rotatable bonds is 11. The van der Waals surface area contributed by atoms with Crippen LogP contribution in [0.25, 0.3) is 0 Å². The lowest BCUT2D eigenvalue weighted by molar-refractivity contribution is -0.120. The van der Waals surface area contributed by atoms with Gasteiger partial charge in [0.05, 0.1) is 32.2 Å². The van der Waals surface area contributed by atoms with Crippen LogP contribution in [-0.2, 0) is 13.8 Å². The van der Waals surface area contributed by atoms with Crippen molar-refractivity contribution in [1.29, 1.82) is 5.26 Å². The molecule has 0 aromatic carbocycles. The highest BCUT2D eigenvalue weighted by molar-refractivity contribution is 7.46. The van der Waals surface area contributed by atoms with Gasteiger partial charge in [0.15, 0.2) is 8.38 Å². The van der Waals surface area contributed by atoms with Crippen molar-refractivity contribution >= 4 is 14.3 Å². The molecule has 19 heavy (non-hydrogen) atoms. The molecule has 0 spiro atoms. The van der Waals surface area contributed by atoms with Crippen LogP contribution in [0.5, 0.6) is 0 Å². The summed E-state index contributed by atoms with van der Waals surface area (Å²) in [5.41, 5.74) is 0. The van der Waals surface area contributed by atoms with Crippen LogP contribution in [-0.4, -0.2) is 32.3 Å². The summed E-state index contributed by atoms with van der Waals surface area (Å²) >= 11 is 0. The van der Waals surface area contributed by atoms with Crippen molar-refractivity contribution in [3.8, 4) is 18.4 Å². The molecule has 0 bridgehead atoms. The third-order valence-electron chi connectivity index (χ3n) is 2.20. The molecule has 0 saturated carbocycles. The number of nitrogens with one attached hydrogen (secondary N) is 1. The molecule has 0 heterocycles. The number of amides is 1. The van der Waals surface area contributed by atoms with Gasteiger partial charge in [0, 0.05) is 13.1 Å². The molecule has 5 nitrogen and oxygen atoms in total. The van der Waals surface area contributed by atoms with Gasteiger partial charge in [-0.15, -0.1) is 6.42 Å². The first-order valence-electron chi connectivity index (χ1n) is 6.27. The van der Waals surface area contributed by atoms with Crippen molar-refractivity contribution in [3.63, 3.8) is 0 Å². The van der Waals surface area contributed by atoms with E-state index < -0.39 is 8.38 Å². The normalized spacial score (nSPS) is 11.3. The fourth-order valence-electron chi connectivity index (χ4n) is 1.25. The third kappa shape index (κ3) is 13.1. The Morgan fingerprint density at radius 3 is 2.74 bits per heavy atom. The molecule has 6 heteroatoms. The van der Waals surface area contributed by atoms with Crippen LogP contribution in [0.15, 0.2) is 0 Å². The topological polar surface area (TPSA) is 71.3 Å². The van der Waals surface area contributed by atoms with Gasteiger partial charge in [-0.05, 0) is 12.8 Å². The molecule has 1 amide bonds. The monoisotopic (exact) mass is 284 g/mol. The van der Waals surface area contributed by atoms with Gasteiger partial charge in [-0.3, -0.25) is 4.79 Å². The van der Waals surface area contributed by atoms with Crippen LogP contribution in [0.3, 0.4) is 0 Å². The Bertz CT molecular complexity index is 323. The van der Waals surface area contributed by atoms with Crippen molar-refractivity contribution in [1.82, 2.24) is 5.32 Å². The molecule has 0 aliphatic heterocycles. The average Bonchev–Trinajstić information content (AvgIpc) is 2.40. The van der Waals surface area contributed by atoms with Gasteiger partial charge in [0.1, 0.15) is 0 Å². The van der Waals surface area contributed by atoms with Crippen molar-refractivity contribution < 1.29 is 13.8 Å². The van der Waals surface area contributed by atoms with Gasteiger partial charge in [-0.2, -0.15) is 5.26 Å². The average molecular weight is 284 g/mol. The molecular weight excluding hydrogens is 263 g/mol. The van der Waals surface area contributed by atoms with E-state index in [-0.39, 0.29) is 5.91 Å². The molecule has 1 N–H and O–H groups in total. The van der Waals surface area contributed by atoms with E-state index in [0.717, 1.165) is 19.3 Å². The first-order chi connectivity index (χ1) is 9.20. The Balaban J connectivity index is 3.29. The molecule has 0 saturated heterocycles. The second-order valence-electron chi connectivity index (χ2n) is 3.81. The molecule has 0 rings (SSSR count). The molecule has 0 fully saturated rings. The number of hydrogen-bond donors (Lipinski definition) is 1. The summed E-state index contributed by atoms with van der Waals surface area (Å²) in [6.07, 6.45) is 8.59. The Kier molecular flexibility index (Phi) is 12.5. The lowest BCUT2D eigenvalue weighted by atomic mass is 10.2.